The molecule has 0 aliphatic heterocycles. The Kier molecular flexibility index (Phi) is 3.82. The molecule has 80 valence electrons. The second-order valence-corrected chi connectivity index (χ2v) is 2.88. The summed E-state index contributed by atoms with van der Waals surface area (Å²) in [6, 6.07) is 7.07. The molecule has 15 heavy (non-hydrogen) atoms. The van der Waals surface area contributed by atoms with E-state index in [2.05, 4.69) is 0 Å². The first kappa shape index (κ1) is 11.2. The fourth-order valence-corrected chi connectivity index (χ4v) is 1.20. The SMILES string of the molecule is O=CN(c1ccccc1)[C@@H](CO)C(=O)O. The third-order valence-corrected chi connectivity index (χ3v) is 1.96. The molecule has 1 rings (SSSR count). The molecular formula is C10H11NO4. The van der Waals surface area contributed by atoms with Gasteiger partial charge in [-0.25, -0.2) is 4.79 Å². The van der Waals surface area contributed by atoms with Gasteiger partial charge in [-0.05, 0) is 12.1 Å². The predicted octanol–water partition coefficient (Wildman–Crippen LogP) is 0.0949. The van der Waals surface area contributed by atoms with Gasteiger partial charge in [0.15, 0.2) is 6.04 Å². The van der Waals surface area contributed by atoms with Gasteiger partial charge in [-0.1, -0.05) is 18.2 Å². The summed E-state index contributed by atoms with van der Waals surface area (Å²) in [6.07, 6.45) is 0.393. The molecule has 0 saturated heterocycles. The first-order valence-electron chi connectivity index (χ1n) is 4.33. The molecule has 0 bridgehead atoms. The number of aliphatic hydroxyl groups excluding tert-OH is 1. The highest BCUT2D eigenvalue weighted by atomic mass is 16.4. The number of rotatable bonds is 5. The van der Waals surface area contributed by atoms with Gasteiger partial charge in [0.25, 0.3) is 0 Å². The van der Waals surface area contributed by atoms with Crippen molar-refractivity contribution in [2.75, 3.05) is 11.5 Å². The Morgan fingerprint density at radius 1 is 1.40 bits per heavy atom. The van der Waals surface area contributed by atoms with Crippen molar-refractivity contribution in [3.05, 3.63) is 30.3 Å². The van der Waals surface area contributed by atoms with E-state index >= 15 is 0 Å². The smallest absolute Gasteiger partial charge is 0.329 e. The first-order chi connectivity index (χ1) is 7.20. The van der Waals surface area contributed by atoms with Crippen LogP contribution in [0.1, 0.15) is 0 Å². The van der Waals surface area contributed by atoms with E-state index in [1.807, 2.05) is 0 Å². The monoisotopic (exact) mass is 209 g/mol. The van der Waals surface area contributed by atoms with Gasteiger partial charge < -0.3 is 10.2 Å². The lowest BCUT2D eigenvalue weighted by Gasteiger charge is -2.23. The van der Waals surface area contributed by atoms with Crippen LogP contribution >= 0.6 is 0 Å². The summed E-state index contributed by atoms with van der Waals surface area (Å²) in [7, 11) is 0. The molecule has 1 aromatic rings. The van der Waals surface area contributed by atoms with Crippen LogP contribution in [0.25, 0.3) is 0 Å². The normalized spacial score (nSPS) is 11.8. The van der Waals surface area contributed by atoms with Crippen LogP contribution < -0.4 is 4.90 Å². The number of nitrogens with zero attached hydrogens (tertiary/aromatic N) is 1. The average Bonchev–Trinajstić information content (AvgIpc) is 2.26. The van der Waals surface area contributed by atoms with Gasteiger partial charge in [-0.3, -0.25) is 9.69 Å². The van der Waals surface area contributed by atoms with Crippen LogP contribution in [0.3, 0.4) is 0 Å². The van der Waals surface area contributed by atoms with E-state index in [0.29, 0.717) is 12.1 Å². The lowest BCUT2D eigenvalue weighted by atomic mass is 10.2. The van der Waals surface area contributed by atoms with Crippen molar-refractivity contribution in [1.82, 2.24) is 0 Å². The molecule has 0 unspecified atom stereocenters. The number of aliphatic hydroxyl groups is 1. The van der Waals surface area contributed by atoms with Crippen molar-refractivity contribution in [2.24, 2.45) is 0 Å². The molecule has 5 nitrogen and oxygen atoms in total. The van der Waals surface area contributed by atoms with Crippen molar-refractivity contribution in [2.45, 2.75) is 6.04 Å². The number of benzene rings is 1. The Morgan fingerprint density at radius 2 is 2.00 bits per heavy atom. The standard InChI is InChI=1S/C10H11NO4/c12-6-9(10(14)15)11(7-13)8-4-2-1-3-5-8/h1-5,7,9,12H,6H2,(H,14,15)/t9-/m0/s1. The van der Waals surface area contributed by atoms with E-state index in [-0.39, 0.29) is 0 Å². The molecule has 0 aliphatic carbocycles. The molecule has 0 aliphatic rings. The molecule has 0 aromatic heterocycles. The van der Waals surface area contributed by atoms with Gasteiger partial charge in [-0.15, -0.1) is 0 Å². The maximum atomic E-state index is 10.8. The van der Waals surface area contributed by atoms with Crippen LogP contribution in [0.15, 0.2) is 30.3 Å². The van der Waals surface area contributed by atoms with Gasteiger partial charge in [0.05, 0.1) is 6.61 Å². The molecule has 1 atom stereocenters. The molecule has 5 heteroatoms. The second kappa shape index (κ2) is 5.11. The third-order valence-electron chi connectivity index (χ3n) is 1.96. The highest BCUT2D eigenvalue weighted by Crippen LogP contribution is 2.14. The first-order valence-corrected chi connectivity index (χ1v) is 4.33. The number of para-hydroxylation sites is 1. The third kappa shape index (κ3) is 2.54. The minimum atomic E-state index is -1.25. The Morgan fingerprint density at radius 3 is 2.40 bits per heavy atom. The molecule has 0 saturated carbocycles. The van der Waals surface area contributed by atoms with Gasteiger partial charge >= 0.3 is 5.97 Å². The largest absolute Gasteiger partial charge is 0.480 e. The Bertz CT molecular complexity index is 339. The average molecular weight is 209 g/mol. The fourth-order valence-electron chi connectivity index (χ4n) is 1.20. The number of hydrogen-bond acceptors (Lipinski definition) is 3. The number of carboxylic acid groups (broad SMARTS) is 1. The summed E-state index contributed by atoms with van der Waals surface area (Å²) in [5.41, 5.74) is 0.439. The predicted molar refractivity (Wildman–Crippen MR) is 53.5 cm³/mol. The summed E-state index contributed by atoms with van der Waals surface area (Å²) < 4.78 is 0. The van der Waals surface area contributed by atoms with Gasteiger partial charge in [-0.2, -0.15) is 0 Å². The van der Waals surface area contributed by atoms with Crippen LogP contribution in [0.5, 0.6) is 0 Å². The summed E-state index contributed by atoms with van der Waals surface area (Å²) in [6.45, 7) is -0.622. The van der Waals surface area contributed by atoms with Crippen molar-refractivity contribution in [1.29, 1.82) is 0 Å². The summed E-state index contributed by atoms with van der Waals surface area (Å²) >= 11 is 0. The van der Waals surface area contributed by atoms with Crippen LogP contribution in [0.2, 0.25) is 0 Å². The number of carbonyl (C=O) groups excluding carboxylic acids is 1. The topological polar surface area (TPSA) is 77.8 Å². The zero-order chi connectivity index (χ0) is 11.3. The number of carbonyl (C=O) groups is 2. The summed E-state index contributed by atoms with van der Waals surface area (Å²) in [5.74, 6) is -1.24. The zero-order valence-electron chi connectivity index (χ0n) is 7.91. The highest BCUT2D eigenvalue weighted by molar-refractivity contribution is 5.88. The molecule has 0 radical (unpaired) electrons. The summed E-state index contributed by atoms with van der Waals surface area (Å²) in [5, 5.41) is 17.7. The van der Waals surface area contributed by atoms with E-state index in [1.165, 1.54) is 0 Å². The maximum absolute atomic E-state index is 10.8. The molecule has 2 N–H and O–H groups in total. The number of carboxylic acids is 1. The van der Waals surface area contributed by atoms with Crippen LogP contribution in [-0.2, 0) is 9.59 Å². The summed E-state index contributed by atoms with van der Waals surface area (Å²) in [4.78, 5) is 22.5. The van der Waals surface area contributed by atoms with Crippen molar-refractivity contribution in [3.8, 4) is 0 Å². The van der Waals surface area contributed by atoms with Crippen molar-refractivity contribution in [3.63, 3.8) is 0 Å². The fraction of sp³-hybridized carbons (Fsp3) is 0.200. The van der Waals surface area contributed by atoms with Crippen LogP contribution in [0, 0.1) is 0 Å². The van der Waals surface area contributed by atoms with E-state index < -0.39 is 18.6 Å². The second-order valence-electron chi connectivity index (χ2n) is 2.88. The lowest BCUT2D eigenvalue weighted by molar-refractivity contribution is -0.140. The van der Waals surface area contributed by atoms with Crippen LogP contribution in [0.4, 0.5) is 5.69 Å². The van der Waals surface area contributed by atoms with E-state index in [1.54, 1.807) is 30.3 Å². The number of aliphatic carboxylic acids is 1. The van der Waals surface area contributed by atoms with Gasteiger partial charge in [0.1, 0.15) is 0 Å². The Balaban J connectivity index is 2.97. The minimum Gasteiger partial charge on any atom is -0.480 e. The minimum absolute atomic E-state index is 0.393. The van der Waals surface area contributed by atoms with Crippen LogP contribution in [-0.4, -0.2) is 35.2 Å². The molecule has 1 aromatic carbocycles. The van der Waals surface area contributed by atoms with Gasteiger partial charge in [0.2, 0.25) is 6.41 Å². The molecule has 0 spiro atoms. The van der Waals surface area contributed by atoms with Crippen molar-refractivity contribution >= 4 is 18.1 Å². The Labute approximate surface area is 86.6 Å². The molecular weight excluding hydrogens is 198 g/mol. The molecule has 1 amide bonds. The maximum Gasteiger partial charge on any atom is 0.329 e. The Hall–Kier alpha value is -1.88. The van der Waals surface area contributed by atoms with Crippen molar-refractivity contribution < 1.29 is 19.8 Å². The highest BCUT2D eigenvalue weighted by Gasteiger charge is 2.24. The zero-order valence-corrected chi connectivity index (χ0v) is 7.91. The number of anilines is 1. The number of hydrogen-bond donors (Lipinski definition) is 2. The van der Waals surface area contributed by atoms with Gasteiger partial charge in [0, 0.05) is 5.69 Å². The van der Waals surface area contributed by atoms with E-state index in [4.69, 9.17) is 10.2 Å². The molecule has 0 fully saturated rings. The van der Waals surface area contributed by atoms with E-state index in [9.17, 15) is 9.59 Å². The number of amides is 1. The lowest BCUT2D eigenvalue weighted by Crippen LogP contribution is -2.43. The van der Waals surface area contributed by atoms with E-state index in [0.717, 1.165) is 4.90 Å². The quantitative estimate of drug-likeness (QED) is 0.674. The molecule has 0 heterocycles.